The molecule has 0 radical (unpaired) electrons. The van der Waals surface area contributed by atoms with Gasteiger partial charge in [0.2, 0.25) is 0 Å². The lowest BCUT2D eigenvalue weighted by atomic mass is 9.82. The van der Waals surface area contributed by atoms with Crippen LogP contribution < -0.4 is 5.32 Å². The quantitative estimate of drug-likeness (QED) is 0.851. The van der Waals surface area contributed by atoms with E-state index in [1.54, 1.807) is 42.1 Å². The van der Waals surface area contributed by atoms with Gasteiger partial charge in [-0.05, 0) is 25.3 Å². The van der Waals surface area contributed by atoms with Crippen molar-refractivity contribution in [3.05, 3.63) is 53.3 Å². The third kappa shape index (κ3) is 2.91. The largest absolute Gasteiger partial charge is 0.481 e. The summed E-state index contributed by atoms with van der Waals surface area (Å²) in [5.41, 5.74) is 0.954. The molecule has 1 aliphatic carbocycles. The highest BCUT2D eigenvalue weighted by Crippen LogP contribution is 2.41. The van der Waals surface area contributed by atoms with Crippen LogP contribution in [0.15, 0.2) is 36.5 Å². The van der Waals surface area contributed by atoms with Crippen LogP contribution in [-0.4, -0.2) is 33.3 Å². The van der Waals surface area contributed by atoms with Gasteiger partial charge in [-0.2, -0.15) is 5.10 Å². The highest BCUT2D eigenvalue weighted by Gasteiger charge is 2.37. The minimum Gasteiger partial charge on any atom is -0.481 e. The van der Waals surface area contributed by atoms with Gasteiger partial charge >= 0.3 is 5.97 Å². The number of benzene rings is 1. The average Bonchev–Trinajstić information content (AvgIpc) is 3.34. The van der Waals surface area contributed by atoms with E-state index in [0.29, 0.717) is 17.0 Å². The Bertz CT molecular complexity index is 765. The Balaban J connectivity index is 1.78. The third-order valence-corrected chi connectivity index (χ3v) is 4.68. The highest BCUT2D eigenvalue weighted by atomic mass is 16.4. The first-order valence-corrected chi connectivity index (χ1v) is 8.02. The smallest absolute Gasteiger partial charge is 0.315 e. The first-order chi connectivity index (χ1) is 11.4. The van der Waals surface area contributed by atoms with Gasteiger partial charge in [-0.1, -0.05) is 30.3 Å². The number of carboxylic acid groups (broad SMARTS) is 1. The van der Waals surface area contributed by atoms with Gasteiger partial charge < -0.3 is 10.4 Å². The maximum absolute atomic E-state index is 12.6. The summed E-state index contributed by atoms with van der Waals surface area (Å²) in [5.74, 6) is -0.853. The first kappa shape index (κ1) is 16.2. The SMILES string of the molecule is Cn1ncc(C(=O)NCC(C)(C(=O)O)c2ccccc2)c1C1CC1. The lowest BCUT2D eigenvalue weighted by molar-refractivity contribution is -0.142. The maximum atomic E-state index is 12.6. The molecule has 6 nitrogen and oxygen atoms in total. The fourth-order valence-electron chi connectivity index (χ4n) is 2.92. The van der Waals surface area contributed by atoms with Crippen molar-refractivity contribution in [2.24, 2.45) is 7.05 Å². The van der Waals surface area contributed by atoms with Crippen LogP contribution in [0.25, 0.3) is 0 Å². The van der Waals surface area contributed by atoms with Crippen molar-refractivity contribution in [1.29, 1.82) is 0 Å². The topological polar surface area (TPSA) is 84.2 Å². The molecule has 1 aromatic heterocycles. The number of aliphatic carboxylic acids is 1. The van der Waals surface area contributed by atoms with Crippen LogP contribution in [0.5, 0.6) is 0 Å². The number of aromatic nitrogens is 2. The predicted molar refractivity (Wildman–Crippen MR) is 88.9 cm³/mol. The molecule has 1 amide bonds. The molecule has 1 atom stereocenters. The van der Waals surface area contributed by atoms with E-state index in [0.717, 1.165) is 18.5 Å². The molecule has 1 heterocycles. The van der Waals surface area contributed by atoms with Crippen molar-refractivity contribution in [3.8, 4) is 0 Å². The second-order valence-corrected chi connectivity index (χ2v) is 6.53. The lowest BCUT2D eigenvalue weighted by Crippen LogP contribution is -2.44. The van der Waals surface area contributed by atoms with Crippen molar-refractivity contribution in [1.82, 2.24) is 15.1 Å². The van der Waals surface area contributed by atoms with Crippen molar-refractivity contribution in [2.45, 2.75) is 31.1 Å². The molecule has 0 aliphatic heterocycles. The van der Waals surface area contributed by atoms with Gasteiger partial charge in [0.15, 0.2) is 0 Å². The zero-order chi connectivity index (χ0) is 17.3. The van der Waals surface area contributed by atoms with Crippen molar-refractivity contribution in [3.63, 3.8) is 0 Å². The number of rotatable bonds is 6. The number of nitrogens with zero attached hydrogens (tertiary/aromatic N) is 2. The number of hydrogen-bond donors (Lipinski definition) is 2. The third-order valence-electron chi connectivity index (χ3n) is 4.68. The Morgan fingerprint density at radius 3 is 2.58 bits per heavy atom. The number of amides is 1. The van der Waals surface area contributed by atoms with E-state index in [4.69, 9.17) is 0 Å². The van der Waals surface area contributed by atoms with Crippen LogP contribution in [0.2, 0.25) is 0 Å². The molecule has 2 aromatic rings. The summed E-state index contributed by atoms with van der Waals surface area (Å²) < 4.78 is 1.74. The van der Waals surface area contributed by atoms with E-state index < -0.39 is 11.4 Å². The number of hydrogen-bond acceptors (Lipinski definition) is 3. The summed E-state index contributed by atoms with van der Waals surface area (Å²) in [7, 11) is 1.83. The lowest BCUT2D eigenvalue weighted by Gasteiger charge is -2.25. The van der Waals surface area contributed by atoms with Gasteiger partial charge in [-0.3, -0.25) is 14.3 Å². The molecule has 0 saturated heterocycles. The first-order valence-electron chi connectivity index (χ1n) is 8.02. The Morgan fingerprint density at radius 1 is 1.33 bits per heavy atom. The van der Waals surface area contributed by atoms with Crippen molar-refractivity contribution >= 4 is 11.9 Å². The van der Waals surface area contributed by atoms with Crippen molar-refractivity contribution < 1.29 is 14.7 Å². The fourth-order valence-corrected chi connectivity index (χ4v) is 2.92. The summed E-state index contributed by atoms with van der Waals surface area (Å²) in [6.45, 7) is 1.64. The molecule has 6 heteroatoms. The zero-order valence-electron chi connectivity index (χ0n) is 13.8. The van der Waals surface area contributed by atoms with Gasteiger partial charge in [-0.15, -0.1) is 0 Å². The molecule has 1 aliphatic rings. The minimum absolute atomic E-state index is 0.0180. The molecule has 3 rings (SSSR count). The normalized spacial score (nSPS) is 16.4. The van der Waals surface area contributed by atoms with E-state index in [9.17, 15) is 14.7 Å². The number of carboxylic acids is 1. The second kappa shape index (κ2) is 6.11. The Hall–Kier alpha value is -2.63. The van der Waals surface area contributed by atoms with E-state index >= 15 is 0 Å². The molecule has 0 bridgehead atoms. The van der Waals surface area contributed by atoms with E-state index in [1.807, 2.05) is 13.1 Å². The predicted octanol–water partition coefficient (Wildman–Crippen LogP) is 2.07. The van der Waals surface area contributed by atoms with E-state index in [-0.39, 0.29) is 12.5 Å². The number of aryl methyl sites for hydroxylation is 1. The Morgan fingerprint density at radius 2 is 2.00 bits per heavy atom. The van der Waals surface area contributed by atoms with Gasteiger partial charge in [0, 0.05) is 19.5 Å². The molecule has 1 aromatic carbocycles. The highest BCUT2D eigenvalue weighted by molar-refractivity contribution is 5.96. The molecule has 1 fully saturated rings. The summed E-state index contributed by atoms with van der Waals surface area (Å²) in [4.78, 5) is 24.3. The van der Waals surface area contributed by atoms with E-state index in [1.165, 1.54) is 0 Å². The maximum Gasteiger partial charge on any atom is 0.315 e. The molecule has 1 unspecified atom stereocenters. The summed E-state index contributed by atoms with van der Waals surface area (Å²) in [6, 6.07) is 8.96. The van der Waals surface area contributed by atoms with Gasteiger partial charge in [0.05, 0.1) is 17.5 Å². The molecule has 24 heavy (non-hydrogen) atoms. The molecule has 1 saturated carbocycles. The van der Waals surface area contributed by atoms with E-state index in [2.05, 4.69) is 10.4 Å². The van der Waals surface area contributed by atoms with Gasteiger partial charge in [0.1, 0.15) is 5.41 Å². The fraction of sp³-hybridized carbons (Fsp3) is 0.389. The van der Waals surface area contributed by atoms with Crippen LogP contribution in [-0.2, 0) is 17.3 Å². The van der Waals surface area contributed by atoms with Crippen LogP contribution >= 0.6 is 0 Å². The number of carbonyl (C=O) groups excluding carboxylic acids is 1. The molecular weight excluding hydrogens is 306 g/mol. The summed E-state index contributed by atoms with van der Waals surface area (Å²) in [6.07, 6.45) is 3.69. The molecule has 0 spiro atoms. The Labute approximate surface area is 140 Å². The van der Waals surface area contributed by atoms with Crippen LogP contribution in [0.4, 0.5) is 0 Å². The van der Waals surface area contributed by atoms with Crippen LogP contribution in [0, 0.1) is 0 Å². The Kier molecular flexibility index (Phi) is 4.13. The van der Waals surface area contributed by atoms with Gasteiger partial charge in [-0.25, -0.2) is 0 Å². The van der Waals surface area contributed by atoms with Crippen LogP contribution in [0.1, 0.15) is 47.3 Å². The average molecular weight is 327 g/mol. The van der Waals surface area contributed by atoms with Crippen molar-refractivity contribution in [2.75, 3.05) is 6.54 Å². The molecule has 2 N–H and O–H groups in total. The summed E-state index contributed by atoms with van der Waals surface area (Å²) >= 11 is 0. The van der Waals surface area contributed by atoms with Crippen LogP contribution in [0.3, 0.4) is 0 Å². The second-order valence-electron chi connectivity index (χ2n) is 6.53. The standard InChI is InChI=1S/C18H21N3O3/c1-18(17(23)24,13-6-4-3-5-7-13)11-19-16(22)14-10-20-21(2)15(14)12-8-9-12/h3-7,10,12H,8-9,11H2,1-2H3,(H,19,22)(H,23,24). The number of carbonyl (C=O) groups is 2. The summed E-state index contributed by atoms with van der Waals surface area (Å²) in [5, 5.41) is 16.6. The zero-order valence-corrected chi connectivity index (χ0v) is 13.8. The molecule has 126 valence electrons. The number of nitrogens with one attached hydrogen (secondary N) is 1. The van der Waals surface area contributed by atoms with Gasteiger partial charge in [0.25, 0.3) is 5.91 Å². The molecular formula is C18H21N3O3. The monoisotopic (exact) mass is 327 g/mol. The minimum atomic E-state index is -1.18.